The lowest BCUT2D eigenvalue weighted by atomic mass is 10.1. The first-order chi connectivity index (χ1) is 21.6. The van der Waals surface area contributed by atoms with Crippen LogP contribution in [0.5, 0.6) is 17.2 Å². The van der Waals surface area contributed by atoms with Gasteiger partial charge in [-0.15, -0.1) is 0 Å². The Bertz CT molecular complexity index is 1560. The van der Waals surface area contributed by atoms with E-state index in [-0.39, 0.29) is 4.90 Å². The minimum Gasteiger partial charge on any atom is -0.492 e. The molecule has 242 valence electrons. The number of nitrogens with one attached hydrogen (secondary N) is 1. The van der Waals surface area contributed by atoms with Crippen LogP contribution in [-0.2, 0) is 10.0 Å². The molecular weight excluding hydrogens is 606 g/mol. The number of amides is 1. The molecule has 45 heavy (non-hydrogen) atoms. The molecule has 1 N–H and O–H groups in total. The molecule has 1 aromatic heterocycles. The van der Waals surface area contributed by atoms with Gasteiger partial charge in [0.2, 0.25) is 5.82 Å². The second-order valence-corrected chi connectivity index (χ2v) is 13.0. The summed E-state index contributed by atoms with van der Waals surface area (Å²) in [7, 11) is -2.30. The van der Waals surface area contributed by atoms with E-state index < -0.39 is 45.0 Å². The van der Waals surface area contributed by atoms with Crippen LogP contribution in [0.4, 0.5) is 8.78 Å². The summed E-state index contributed by atoms with van der Waals surface area (Å²) in [5.74, 6) is -3.02. The van der Waals surface area contributed by atoms with Crippen LogP contribution < -0.4 is 18.9 Å². The topological polar surface area (TPSA) is 110 Å². The predicted molar refractivity (Wildman–Crippen MR) is 163 cm³/mol. The van der Waals surface area contributed by atoms with Crippen molar-refractivity contribution in [2.24, 2.45) is 5.92 Å². The summed E-state index contributed by atoms with van der Waals surface area (Å²) in [5.41, 5.74) is -0.286. The second kappa shape index (κ2) is 14.5. The van der Waals surface area contributed by atoms with Gasteiger partial charge in [-0.25, -0.2) is 17.5 Å². The van der Waals surface area contributed by atoms with Crippen LogP contribution >= 0.6 is 0 Å². The van der Waals surface area contributed by atoms with Gasteiger partial charge in [0.25, 0.3) is 15.9 Å². The highest BCUT2D eigenvalue weighted by atomic mass is 32.2. The molecule has 5 rings (SSSR count). The molecule has 1 saturated carbocycles. The number of benzene rings is 2. The van der Waals surface area contributed by atoms with Crippen LogP contribution in [0.3, 0.4) is 0 Å². The fourth-order valence-corrected chi connectivity index (χ4v) is 5.75. The number of ether oxygens (including phenoxy) is 3. The van der Waals surface area contributed by atoms with E-state index in [1.165, 1.54) is 24.3 Å². The normalized spacial score (nSPS) is 16.6. The number of halogens is 2. The van der Waals surface area contributed by atoms with Crippen molar-refractivity contribution in [1.82, 2.24) is 19.5 Å². The van der Waals surface area contributed by atoms with Gasteiger partial charge in [-0.3, -0.25) is 14.7 Å². The van der Waals surface area contributed by atoms with Gasteiger partial charge in [0, 0.05) is 32.7 Å². The zero-order chi connectivity index (χ0) is 32.0. The number of rotatable bonds is 14. The Morgan fingerprint density at radius 1 is 0.978 bits per heavy atom. The zero-order valence-corrected chi connectivity index (χ0v) is 26.2. The van der Waals surface area contributed by atoms with Crippen molar-refractivity contribution >= 4 is 15.9 Å². The van der Waals surface area contributed by atoms with Gasteiger partial charge < -0.3 is 19.1 Å². The lowest BCUT2D eigenvalue weighted by Crippen LogP contribution is -2.45. The lowest BCUT2D eigenvalue weighted by molar-refractivity contribution is 0.0976. The van der Waals surface area contributed by atoms with Gasteiger partial charge in [0.1, 0.15) is 24.2 Å². The molecule has 1 atom stereocenters. The number of carbonyl (C=O) groups excluding carboxylic acids is 1. The third kappa shape index (κ3) is 8.68. The number of likely N-dealkylation sites (N-methyl/N-ethyl adjacent to an activating group) is 1. The summed E-state index contributed by atoms with van der Waals surface area (Å²) in [6.07, 6.45) is 3.59. The third-order valence-corrected chi connectivity index (χ3v) is 9.18. The molecule has 1 aliphatic carbocycles. The fourth-order valence-electron chi connectivity index (χ4n) is 4.79. The molecule has 10 nitrogen and oxygen atoms in total. The Kier molecular flexibility index (Phi) is 10.5. The first kappa shape index (κ1) is 32.6. The first-order valence-corrected chi connectivity index (χ1v) is 16.6. The van der Waals surface area contributed by atoms with E-state index in [0.717, 1.165) is 57.7 Å². The predicted octanol–water partition coefficient (Wildman–Crippen LogP) is 4.42. The third-order valence-electron chi connectivity index (χ3n) is 7.84. The molecule has 1 aliphatic heterocycles. The Morgan fingerprint density at radius 3 is 2.33 bits per heavy atom. The van der Waals surface area contributed by atoms with E-state index in [1.807, 2.05) is 0 Å². The lowest BCUT2D eigenvalue weighted by Gasteiger charge is -2.32. The summed E-state index contributed by atoms with van der Waals surface area (Å²) >= 11 is 0. The minimum absolute atomic E-state index is 0.231. The Balaban J connectivity index is 1.17. The maximum absolute atomic E-state index is 15.0. The van der Waals surface area contributed by atoms with Crippen molar-refractivity contribution in [1.29, 1.82) is 0 Å². The molecule has 0 bridgehead atoms. The molecule has 2 fully saturated rings. The maximum Gasteiger partial charge on any atom is 0.268 e. The number of aromatic nitrogens is 1. The number of hydrogen-bond acceptors (Lipinski definition) is 9. The van der Waals surface area contributed by atoms with E-state index in [2.05, 4.69) is 21.8 Å². The average Bonchev–Trinajstić information content (AvgIpc) is 3.87. The van der Waals surface area contributed by atoms with Crippen LogP contribution in [0.2, 0.25) is 0 Å². The van der Waals surface area contributed by atoms with Gasteiger partial charge in [-0.05, 0) is 80.8 Å². The summed E-state index contributed by atoms with van der Waals surface area (Å²) in [6, 6.07) is 11.0. The SMILES string of the molecule is CC[C@@H](Oc1ccc(C(=O)NS(=O)(=O)c2ccc(OCCN3CCN(C)CC3)cc2)c(F)c1F)c1ccc(OCC2CC2)cn1. The van der Waals surface area contributed by atoms with Crippen molar-refractivity contribution in [3.63, 3.8) is 0 Å². The number of sulfonamides is 1. The van der Waals surface area contributed by atoms with Crippen molar-refractivity contribution in [3.8, 4) is 17.2 Å². The maximum atomic E-state index is 15.0. The molecule has 0 spiro atoms. The van der Waals surface area contributed by atoms with Gasteiger partial charge in [0.05, 0.1) is 29.0 Å². The van der Waals surface area contributed by atoms with Gasteiger partial charge in [0.15, 0.2) is 11.6 Å². The van der Waals surface area contributed by atoms with Gasteiger partial charge in [-0.1, -0.05) is 6.92 Å². The highest BCUT2D eigenvalue weighted by Gasteiger charge is 2.26. The number of hydrogen-bond donors (Lipinski definition) is 1. The molecule has 2 aromatic carbocycles. The van der Waals surface area contributed by atoms with Crippen molar-refractivity contribution < 1.29 is 36.2 Å². The van der Waals surface area contributed by atoms with Crippen LogP contribution in [0.1, 0.15) is 48.3 Å². The fraction of sp³-hybridized carbons (Fsp3) is 0.438. The molecule has 2 aliphatic rings. The molecular formula is C32H38F2N4O6S. The van der Waals surface area contributed by atoms with Crippen molar-refractivity contribution in [2.75, 3.05) is 53.0 Å². The van der Waals surface area contributed by atoms with Gasteiger partial charge >= 0.3 is 0 Å². The number of nitrogens with zero attached hydrogens (tertiary/aromatic N) is 3. The molecule has 0 unspecified atom stereocenters. The second-order valence-electron chi connectivity index (χ2n) is 11.3. The molecule has 0 radical (unpaired) electrons. The smallest absolute Gasteiger partial charge is 0.268 e. The monoisotopic (exact) mass is 644 g/mol. The van der Waals surface area contributed by atoms with Crippen molar-refractivity contribution in [3.05, 3.63) is 77.6 Å². The average molecular weight is 645 g/mol. The molecule has 3 aromatic rings. The summed E-state index contributed by atoms with van der Waals surface area (Å²) in [6.45, 7) is 7.53. The first-order valence-electron chi connectivity index (χ1n) is 15.1. The summed E-state index contributed by atoms with van der Waals surface area (Å²) in [4.78, 5) is 21.4. The summed E-state index contributed by atoms with van der Waals surface area (Å²) < 4.78 is 74.7. The molecule has 1 saturated heterocycles. The quantitative estimate of drug-likeness (QED) is 0.273. The minimum atomic E-state index is -4.38. The zero-order valence-electron chi connectivity index (χ0n) is 25.4. The summed E-state index contributed by atoms with van der Waals surface area (Å²) in [5, 5.41) is 0. The number of pyridine rings is 1. The molecule has 13 heteroatoms. The largest absolute Gasteiger partial charge is 0.492 e. The Morgan fingerprint density at radius 2 is 1.69 bits per heavy atom. The van der Waals surface area contributed by atoms with Crippen LogP contribution in [-0.4, -0.2) is 82.1 Å². The van der Waals surface area contributed by atoms with Gasteiger partial charge in [-0.2, -0.15) is 4.39 Å². The Hall–Kier alpha value is -3.81. The van der Waals surface area contributed by atoms with E-state index >= 15 is 8.78 Å². The van der Waals surface area contributed by atoms with E-state index in [4.69, 9.17) is 14.2 Å². The highest BCUT2D eigenvalue weighted by Crippen LogP contribution is 2.31. The number of piperazine rings is 1. The number of carbonyl (C=O) groups is 1. The molecule has 2 heterocycles. The van der Waals surface area contributed by atoms with Crippen LogP contribution in [0.15, 0.2) is 59.6 Å². The molecule has 1 amide bonds. The Labute approximate surface area is 262 Å². The standard InChI is InChI=1S/C32H38F2N4O6S/c1-3-28(27-12-8-24(20-35-27)43-21-22-4-5-22)44-29-13-11-26(30(33)31(29)34)32(39)36-45(40,41)25-9-6-23(7-10-25)42-19-18-38-16-14-37(2)15-17-38/h6-13,20,22,28H,3-5,14-19,21H2,1-2H3,(H,36,39)/t28-/m1/s1. The van der Waals surface area contributed by atoms with E-state index in [0.29, 0.717) is 42.7 Å². The highest BCUT2D eigenvalue weighted by molar-refractivity contribution is 7.90. The van der Waals surface area contributed by atoms with Crippen molar-refractivity contribution in [2.45, 2.75) is 37.2 Å². The van der Waals surface area contributed by atoms with Crippen LogP contribution in [0, 0.1) is 17.6 Å². The van der Waals surface area contributed by atoms with E-state index in [1.54, 1.807) is 30.0 Å². The van der Waals surface area contributed by atoms with Crippen LogP contribution in [0.25, 0.3) is 0 Å². The van der Waals surface area contributed by atoms with E-state index in [9.17, 15) is 13.2 Å².